The van der Waals surface area contributed by atoms with Gasteiger partial charge in [-0.2, -0.15) is 0 Å². The average Bonchev–Trinajstić information content (AvgIpc) is 3.09. The van der Waals surface area contributed by atoms with E-state index in [0.29, 0.717) is 11.4 Å². The van der Waals surface area contributed by atoms with E-state index in [0.717, 1.165) is 12.8 Å². The molecule has 0 atom stereocenters. The van der Waals surface area contributed by atoms with Crippen LogP contribution in [0.5, 0.6) is 0 Å². The number of carbonyl (C=O) groups is 2. The number of amides is 2. The second kappa shape index (κ2) is 5.01. The van der Waals surface area contributed by atoms with Crippen LogP contribution in [0.2, 0.25) is 0 Å². The molecular formula is C14H19N3O2. The second-order valence-corrected chi connectivity index (χ2v) is 5.34. The molecule has 1 fully saturated rings. The molecule has 0 saturated heterocycles. The Labute approximate surface area is 112 Å². The topological polar surface area (TPSA) is 84.2 Å². The van der Waals surface area contributed by atoms with Crippen LogP contribution in [0.15, 0.2) is 24.3 Å². The highest BCUT2D eigenvalue weighted by atomic mass is 16.2. The lowest BCUT2D eigenvalue weighted by Gasteiger charge is -2.12. The zero-order chi connectivity index (χ0) is 14.0. The number of hydrogen-bond donors (Lipinski definition) is 3. The van der Waals surface area contributed by atoms with E-state index in [9.17, 15) is 9.59 Å². The molecule has 0 spiro atoms. The summed E-state index contributed by atoms with van der Waals surface area (Å²) in [6.45, 7) is 3.65. The van der Waals surface area contributed by atoms with E-state index in [-0.39, 0.29) is 17.7 Å². The minimum atomic E-state index is -0.697. The maximum absolute atomic E-state index is 11.8. The maximum Gasteiger partial charge on any atom is 0.244 e. The predicted octanol–water partition coefficient (Wildman–Crippen LogP) is 1.71. The molecule has 5 heteroatoms. The summed E-state index contributed by atoms with van der Waals surface area (Å²) < 4.78 is 0. The zero-order valence-corrected chi connectivity index (χ0v) is 11.2. The summed E-state index contributed by atoms with van der Waals surface area (Å²) in [5, 5.41) is 5.56. The van der Waals surface area contributed by atoms with Gasteiger partial charge in [-0.15, -0.1) is 0 Å². The third-order valence-corrected chi connectivity index (χ3v) is 3.15. The van der Waals surface area contributed by atoms with Gasteiger partial charge >= 0.3 is 0 Å². The number of rotatable bonds is 4. The Balaban J connectivity index is 2.03. The molecule has 0 bridgehead atoms. The van der Waals surface area contributed by atoms with E-state index in [1.165, 1.54) is 0 Å². The van der Waals surface area contributed by atoms with Crippen molar-refractivity contribution < 1.29 is 9.59 Å². The van der Waals surface area contributed by atoms with Gasteiger partial charge in [-0.1, -0.05) is 19.9 Å². The molecule has 19 heavy (non-hydrogen) atoms. The largest absolute Gasteiger partial charge is 0.326 e. The Kier molecular flexibility index (Phi) is 3.57. The summed E-state index contributed by atoms with van der Waals surface area (Å²) in [5.41, 5.74) is 6.42. The SMILES string of the molecule is CC(C)C(=O)Nc1cccc(NC(=O)C2(N)CC2)c1. The van der Waals surface area contributed by atoms with E-state index in [4.69, 9.17) is 5.73 Å². The third kappa shape index (κ3) is 3.32. The normalized spacial score (nSPS) is 16.0. The van der Waals surface area contributed by atoms with E-state index in [2.05, 4.69) is 10.6 Å². The number of nitrogens with two attached hydrogens (primary N) is 1. The summed E-state index contributed by atoms with van der Waals surface area (Å²) in [6.07, 6.45) is 1.45. The summed E-state index contributed by atoms with van der Waals surface area (Å²) in [6, 6.07) is 7.06. The maximum atomic E-state index is 11.8. The number of hydrogen-bond acceptors (Lipinski definition) is 3. The van der Waals surface area contributed by atoms with Gasteiger partial charge in [0.05, 0.1) is 5.54 Å². The Bertz CT molecular complexity index is 507. The summed E-state index contributed by atoms with van der Waals surface area (Å²) >= 11 is 0. The van der Waals surface area contributed by atoms with Crippen LogP contribution in [0.1, 0.15) is 26.7 Å². The molecule has 1 aliphatic carbocycles. The van der Waals surface area contributed by atoms with Crippen molar-refractivity contribution in [2.45, 2.75) is 32.2 Å². The Morgan fingerprint density at radius 3 is 2.32 bits per heavy atom. The predicted molar refractivity (Wildman–Crippen MR) is 74.7 cm³/mol. The van der Waals surface area contributed by atoms with Crippen molar-refractivity contribution in [1.82, 2.24) is 0 Å². The van der Waals surface area contributed by atoms with Crippen LogP contribution >= 0.6 is 0 Å². The minimum Gasteiger partial charge on any atom is -0.326 e. The number of carbonyl (C=O) groups excluding carboxylic acids is 2. The van der Waals surface area contributed by atoms with Gasteiger partial charge in [0, 0.05) is 17.3 Å². The standard InChI is InChI=1S/C14H19N3O2/c1-9(2)12(18)16-10-4-3-5-11(8-10)17-13(19)14(15)6-7-14/h3-5,8-9H,6-7,15H2,1-2H3,(H,16,18)(H,17,19). The fourth-order valence-electron chi connectivity index (χ4n) is 1.58. The van der Waals surface area contributed by atoms with Crippen LogP contribution in [-0.4, -0.2) is 17.4 Å². The molecule has 1 aromatic rings. The van der Waals surface area contributed by atoms with Crippen LogP contribution < -0.4 is 16.4 Å². The van der Waals surface area contributed by atoms with E-state index in [1.54, 1.807) is 24.3 Å². The first-order valence-corrected chi connectivity index (χ1v) is 6.42. The quantitative estimate of drug-likeness (QED) is 0.771. The zero-order valence-electron chi connectivity index (χ0n) is 11.2. The highest BCUT2D eigenvalue weighted by Gasteiger charge is 2.45. The molecule has 0 aliphatic heterocycles. The molecule has 0 unspecified atom stereocenters. The van der Waals surface area contributed by atoms with Crippen LogP contribution in [0.4, 0.5) is 11.4 Å². The van der Waals surface area contributed by atoms with E-state index < -0.39 is 5.54 Å². The molecule has 1 saturated carbocycles. The average molecular weight is 261 g/mol. The van der Waals surface area contributed by atoms with Crippen molar-refractivity contribution in [3.8, 4) is 0 Å². The van der Waals surface area contributed by atoms with Crippen molar-refractivity contribution in [3.63, 3.8) is 0 Å². The van der Waals surface area contributed by atoms with Crippen LogP contribution in [0, 0.1) is 5.92 Å². The first-order valence-electron chi connectivity index (χ1n) is 6.42. The van der Waals surface area contributed by atoms with Crippen molar-refractivity contribution in [3.05, 3.63) is 24.3 Å². The lowest BCUT2D eigenvalue weighted by molar-refractivity contribution is -0.119. The van der Waals surface area contributed by atoms with Crippen molar-refractivity contribution in [1.29, 1.82) is 0 Å². The van der Waals surface area contributed by atoms with Crippen molar-refractivity contribution >= 4 is 23.2 Å². The van der Waals surface area contributed by atoms with Gasteiger partial charge in [0.15, 0.2) is 0 Å². The van der Waals surface area contributed by atoms with Crippen molar-refractivity contribution in [2.75, 3.05) is 10.6 Å². The molecule has 5 nitrogen and oxygen atoms in total. The highest BCUT2D eigenvalue weighted by molar-refractivity contribution is 6.00. The molecule has 1 aromatic carbocycles. The molecule has 0 aromatic heterocycles. The van der Waals surface area contributed by atoms with E-state index >= 15 is 0 Å². The third-order valence-electron chi connectivity index (χ3n) is 3.15. The van der Waals surface area contributed by atoms with Crippen LogP contribution in [0.3, 0.4) is 0 Å². The van der Waals surface area contributed by atoms with Gasteiger partial charge in [0.1, 0.15) is 0 Å². The van der Waals surface area contributed by atoms with E-state index in [1.807, 2.05) is 13.8 Å². The lowest BCUT2D eigenvalue weighted by atomic mass is 10.2. The summed E-state index contributed by atoms with van der Waals surface area (Å²) in [4.78, 5) is 23.4. The van der Waals surface area contributed by atoms with Crippen LogP contribution in [0.25, 0.3) is 0 Å². The molecule has 4 N–H and O–H groups in total. The molecule has 0 radical (unpaired) electrons. The molecule has 2 amide bonds. The van der Waals surface area contributed by atoms with Crippen molar-refractivity contribution in [2.24, 2.45) is 11.7 Å². The van der Waals surface area contributed by atoms with Gasteiger partial charge in [0.25, 0.3) is 0 Å². The monoisotopic (exact) mass is 261 g/mol. The van der Waals surface area contributed by atoms with Gasteiger partial charge in [-0.05, 0) is 31.0 Å². The first-order chi connectivity index (χ1) is 8.90. The molecule has 102 valence electrons. The van der Waals surface area contributed by atoms with Gasteiger partial charge in [-0.3, -0.25) is 9.59 Å². The highest BCUT2D eigenvalue weighted by Crippen LogP contribution is 2.33. The van der Waals surface area contributed by atoms with Gasteiger partial charge < -0.3 is 16.4 Å². The Morgan fingerprint density at radius 2 is 1.79 bits per heavy atom. The number of anilines is 2. The second-order valence-electron chi connectivity index (χ2n) is 5.34. The summed E-state index contributed by atoms with van der Waals surface area (Å²) in [5.74, 6) is -0.308. The fourth-order valence-corrected chi connectivity index (χ4v) is 1.58. The lowest BCUT2D eigenvalue weighted by Crippen LogP contribution is -2.37. The molecule has 2 rings (SSSR count). The van der Waals surface area contributed by atoms with Gasteiger partial charge in [-0.25, -0.2) is 0 Å². The van der Waals surface area contributed by atoms with Gasteiger partial charge in [0.2, 0.25) is 11.8 Å². The Morgan fingerprint density at radius 1 is 1.21 bits per heavy atom. The number of benzene rings is 1. The molecule has 0 heterocycles. The number of nitrogens with one attached hydrogen (secondary N) is 2. The first kappa shape index (κ1) is 13.5. The minimum absolute atomic E-state index is 0.0547. The molecule has 1 aliphatic rings. The Hall–Kier alpha value is -1.88. The molecular weight excluding hydrogens is 242 g/mol. The summed E-state index contributed by atoms with van der Waals surface area (Å²) in [7, 11) is 0. The fraction of sp³-hybridized carbons (Fsp3) is 0.429. The van der Waals surface area contributed by atoms with Crippen LogP contribution in [-0.2, 0) is 9.59 Å². The smallest absolute Gasteiger partial charge is 0.244 e.